The third-order valence-electron chi connectivity index (χ3n) is 4.95. The molecule has 0 aliphatic heterocycles. The van der Waals surface area contributed by atoms with Gasteiger partial charge in [-0.1, -0.05) is 42.5 Å². The zero-order valence-electron chi connectivity index (χ0n) is 15.7. The second-order valence-electron chi connectivity index (χ2n) is 7.01. The minimum Gasteiger partial charge on any atom is -0.454 e. The van der Waals surface area contributed by atoms with Crippen LogP contribution in [0, 0.1) is 0 Å². The lowest BCUT2D eigenvalue weighted by molar-refractivity contribution is 0.0474. The number of carbonyl (C=O) groups is 2. The number of fused-ring (bicyclic) bond motifs is 3. The van der Waals surface area contributed by atoms with Crippen LogP contribution in [0.15, 0.2) is 71.6 Å². The molecule has 0 saturated heterocycles. The molecule has 0 unspecified atom stereocenters. The topological polar surface area (TPSA) is 77.5 Å². The second-order valence-corrected chi connectivity index (χ2v) is 9.02. The summed E-state index contributed by atoms with van der Waals surface area (Å²) >= 11 is 0. The lowest BCUT2D eigenvalue weighted by Crippen LogP contribution is -2.14. The van der Waals surface area contributed by atoms with Crippen LogP contribution in [-0.4, -0.2) is 33.0 Å². The summed E-state index contributed by atoms with van der Waals surface area (Å²) < 4.78 is 28.4. The van der Waals surface area contributed by atoms with E-state index in [1.807, 2.05) is 30.3 Å². The van der Waals surface area contributed by atoms with Crippen molar-refractivity contribution in [3.8, 4) is 11.1 Å². The minimum absolute atomic E-state index is 0.0237. The molecular formula is C23H18O5S. The monoisotopic (exact) mass is 406 g/mol. The predicted molar refractivity (Wildman–Crippen MR) is 109 cm³/mol. The van der Waals surface area contributed by atoms with Crippen molar-refractivity contribution in [1.82, 2.24) is 0 Å². The van der Waals surface area contributed by atoms with Gasteiger partial charge in [0.05, 0.1) is 10.5 Å². The van der Waals surface area contributed by atoms with Crippen LogP contribution >= 0.6 is 0 Å². The maximum Gasteiger partial charge on any atom is 0.338 e. The third-order valence-corrected chi connectivity index (χ3v) is 6.06. The highest BCUT2D eigenvalue weighted by atomic mass is 32.2. The molecule has 3 aromatic carbocycles. The van der Waals surface area contributed by atoms with Crippen LogP contribution in [0.2, 0.25) is 0 Å². The zero-order valence-corrected chi connectivity index (χ0v) is 16.5. The number of esters is 1. The van der Waals surface area contributed by atoms with Crippen molar-refractivity contribution in [3.05, 3.63) is 89.0 Å². The van der Waals surface area contributed by atoms with Gasteiger partial charge in [0, 0.05) is 11.8 Å². The van der Waals surface area contributed by atoms with E-state index < -0.39 is 22.4 Å². The Hall–Kier alpha value is -3.25. The number of sulfone groups is 1. The average Bonchev–Trinajstić information content (AvgIpc) is 3.09. The zero-order chi connectivity index (χ0) is 20.6. The van der Waals surface area contributed by atoms with Crippen molar-refractivity contribution in [2.45, 2.75) is 11.3 Å². The maximum atomic E-state index is 12.5. The molecule has 0 bridgehead atoms. The predicted octanol–water partition coefficient (Wildman–Crippen LogP) is 3.70. The molecule has 0 amide bonds. The molecule has 1 aliphatic carbocycles. The van der Waals surface area contributed by atoms with Crippen molar-refractivity contribution in [1.29, 1.82) is 0 Å². The lowest BCUT2D eigenvalue weighted by Gasteiger charge is -2.07. The summed E-state index contributed by atoms with van der Waals surface area (Å²) in [5, 5.41) is 0. The van der Waals surface area contributed by atoms with Gasteiger partial charge in [-0.05, 0) is 52.9 Å². The van der Waals surface area contributed by atoms with E-state index in [2.05, 4.69) is 6.07 Å². The van der Waals surface area contributed by atoms with Gasteiger partial charge in [-0.25, -0.2) is 13.2 Å². The fourth-order valence-corrected chi connectivity index (χ4v) is 4.12. The first kappa shape index (κ1) is 19.1. The first-order valence-corrected chi connectivity index (χ1v) is 10.9. The van der Waals surface area contributed by atoms with Crippen molar-refractivity contribution in [3.63, 3.8) is 0 Å². The van der Waals surface area contributed by atoms with Crippen LogP contribution in [0.4, 0.5) is 0 Å². The average molecular weight is 406 g/mol. The minimum atomic E-state index is -3.44. The second kappa shape index (κ2) is 7.29. The summed E-state index contributed by atoms with van der Waals surface area (Å²) in [6.45, 7) is -0.414. The Labute approximate surface area is 168 Å². The lowest BCUT2D eigenvalue weighted by atomic mass is 10.0. The van der Waals surface area contributed by atoms with E-state index in [1.54, 1.807) is 6.07 Å². The van der Waals surface area contributed by atoms with Crippen LogP contribution in [0.1, 0.15) is 31.8 Å². The molecule has 146 valence electrons. The van der Waals surface area contributed by atoms with Gasteiger partial charge >= 0.3 is 5.97 Å². The number of rotatable bonds is 5. The van der Waals surface area contributed by atoms with Crippen LogP contribution in [0.5, 0.6) is 0 Å². The van der Waals surface area contributed by atoms with E-state index in [0.717, 1.165) is 29.4 Å². The summed E-state index contributed by atoms with van der Waals surface area (Å²) in [6, 6.07) is 19.1. The van der Waals surface area contributed by atoms with E-state index in [0.29, 0.717) is 5.56 Å². The van der Waals surface area contributed by atoms with E-state index in [4.69, 9.17) is 4.74 Å². The van der Waals surface area contributed by atoms with Gasteiger partial charge in [0.25, 0.3) is 0 Å². The summed E-state index contributed by atoms with van der Waals surface area (Å²) in [6.07, 6.45) is 1.90. The van der Waals surface area contributed by atoms with Gasteiger partial charge in [-0.15, -0.1) is 0 Å². The fraction of sp³-hybridized carbons (Fsp3) is 0.130. The van der Waals surface area contributed by atoms with E-state index in [-0.39, 0.29) is 16.2 Å². The standard InChI is InChI=1S/C23H18O5S/c1-29(26,27)19-7-4-6-18(12-19)23(25)28-14-22(24)17-10-9-16-11-15-5-2-3-8-20(15)21(16)13-17/h2-10,12-13H,11,14H2,1H3. The van der Waals surface area contributed by atoms with Crippen LogP contribution in [0.3, 0.4) is 0 Å². The van der Waals surface area contributed by atoms with Crippen LogP contribution in [-0.2, 0) is 21.0 Å². The molecule has 0 fully saturated rings. The van der Waals surface area contributed by atoms with Gasteiger partial charge in [0.15, 0.2) is 22.2 Å². The molecule has 0 aromatic heterocycles. The highest BCUT2D eigenvalue weighted by Gasteiger charge is 2.20. The maximum absolute atomic E-state index is 12.5. The molecule has 0 radical (unpaired) electrons. The smallest absolute Gasteiger partial charge is 0.338 e. The fourth-order valence-electron chi connectivity index (χ4n) is 3.45. The van der Waals surface area contributed by atoms with E-state index in [9.17, 15) is 18.0 Å². The van der Waals surface area contributed by atoms with Gasteiger partial charge < -0.3 is 4.74 Å². The molecule has 6 heteroatoms. The first-order valence-electron chi connectivity index (χ1n) is 9.04. The van der Waals surface area contributed by atoms with E-state index in [1.165, 1.54) is 29.8 Å². The molecule has 29 heavy (non-hydrogen) atoms. The molecule has 1 aliphatic rings. The molecule has 0 N–H and O–H groups in total. The van der Waals surface area contributed by atoms with Gasteiger partial charge in [-0.2, -0.15) is 0 Å². The Morgan fingerprint density at radius 1 is 0.862 bits per heavy atom. The molecule has 3 aromatic rings. The Morgan fingerprint density at radius 2 is 1.62 bits per heavy atom. The van der Waals surface area contributed by atoms with Crippen molar-refractivity contribution < 1.29 is 22.7 Å². The van der Waals surface area contributed by atoms with Gasteiger partial charge in [0.2, 0.25) is 0 Å². The highest BCUT2D eigenvalue weighted by Crippen LogP contribution is 2.36. The van der Waals surface area contributed by atoms with Gasteiger partial charge in [0.1, 0.15) is 0 Å². The number of ether oxygens (including phenoxy) is 1. The molecular weight excluding hydrogens is 388 g/mol. The summed E-state index contributed by atoms with van der Waals surface area (Å²) in [4.78, 5) is 24.8. The van der Waals surface area contributed by atoms with Crippen LogP contribution < -0.4 is 0 Å². The van der Waals surface area contributed by atoms with Gasteiger partial charge in [-0.3, -0.25) is 4.79 Å². The number of ketones is 1. The van der Waals surface area contributed by atoms with Crippen LogP contribution in [0.25, 0.3) is 11.1 Å². The summed E-state index contributed by atoms with van der Waals surface area (Å²) in [5.74, 6) is -1.06. The number of hydrogen-bond acceptors (Lipinski definition) is 5. The first-order chi connectivity index (χ1) is 13.8. The van der Waals surface area contributed by atoms with Crippen molar-refractivity contribution >= 4 is 21.6 Å². The molecule has 0 atom stereocenters. The Bertz CT molecular complexity index is 1240. The SMILES string of the molecule is CS(=O)(=O)c1cccc(C(=O)OCC(=O)c2ccc3c(c2)-c2ccccc2C3)c1. The van der Waals surface area contributed by atoms with E-state index >= 15 is 0 Å². The molecule has 0 heterocycles. The van der Waals surface area contributed by atoms with Crippen molar-refractivity contribution in [2.75, 3.05) is 12.9 Å². The quantitative estimate of drug-likeness (QED) is 0.373. The normalized spacial score (nSPS) is 12.2. The summed E-state index contributed by atoms with van der Waals surface area (Å²) in [5.41, 5.74) is 5.09. The number of carbonyl (C=O) groups excluding carboxylic acids is 2. The highest BCUT2D eigenvalue weighted by molar-refractivity contribution is 7.90. The Balaban J connectivity index is 1.48. The Kier molecular flexibility index (Phi) is 4.80. The summed E-state index contributed by atoms with van der Waals surface area (Å²) in [7, 11) is -3.44. The Morgan fingerprint density at radius 3 is 2.41 bits per heavy atom. The molecule has 0 spiro atoms. The number of Topliss-reactive ketones (excluding diaryl/α,β-unsaturated/α-hetero) is 1. The molecule has 0 saturated carbocycles. The largest absolute Gasteiger partial charge is 0.454 e. The third kappa shape index (κ3) is 3.84. The number of benzene rings is 3. The van der Waals surface area contributed by atoms with Crippen molar-refractivity contribution in [2.24, 2.45) is 0 Å². The molecule has 5 nitrogen and oxygen atoms in total. The number of hydrogen-bond donors (Lipinski definition) is 0. The molecule has 4 rings (SSSR count).